The second kappa shape index (κ2) is 2.75. The SMILES string of the molecule is NCC1Cc2cccc(F)c2O1. The molecule has 0 spiro atoms. The molecule has 1 atom stereocenters. The molecule has 0 aromatic heterocycles. The topological polar surface area (TPSA) is 35.2 Å². The van der Waals surface area contributed by atoms with Gasteiger partial charge < -0.3 is 10.5 Å². The van der Waals surface area contributed by atoms with Crippen LogP contribution in [0, 0.1) is 5.82 Å². The van der Waals surface area contributed by atoms with Gasteiger partial charge in [-0.25, -0.2) is 4.39 Å². The van der Waals surface area contributed by atoms with Gasteiger partial charge in [0.2, 0.25) is 0 Å². The minimum absolute atomic E-state index is 0.0445. The van der Waals surface area contributed by atoms with Gasteiger partial charge in [-0.2, -0.15) is 0 Å². The van der Waals surface area contributed by atoms with Crippen LogP contribution in [0.3, 0.4) is 0 Å². The van der Waals surface area contributed by atoms with Crippen LogP contribution in [-0.2, 0) is 6.42 Å². The fourth-order valence-electron chi connectivity index (χ4n) is 1.43. The van der Waals surface area contributed by atoms with Gasteiger partial charge in [-0.15, -0.1) is 0 Å². The third-order valence-corrected chi connectivity index (χ3v) is 2.04. The van der Waals surface area contributed by atoms with E-state index in [0.717, 1.165) is 12.0 Å². The van der Waals surface area contributed by atoms with E-state index in [4.69, 9.17) is 10.5 Å². The Kier molecular flexibility index (Phi) is 1.73. The number of hydrogen-bond donors (Lipinski definition) is 1. The van der Waals surface area contributed by atoms with E-state index in [1.54, 1.807) is 6.07 Å². The molecule has 64 valence electrons. The summed E-state index contributed by atoms with van der Waals surface area (Å²) in [6.07, 6.45) is 0.681. The van der Waals surface area contributed by atoms with Crippen LogP contribution in [0.1, 0.15) is 5.56 Å². The van der Waals surface area contributed by atoms with Crippen LogP contribution in [0.4, 0.5) is 4.39 Å². The fourth-order valence-corrected chi connectivity index (χ4v) is 1.43. The lowest BCUT2D eigenvalue weighted by atomic mass is 10.1. The van der Waals surface area contributed by atoms with E-state index in [2.05, 4.69) is 0 Å². The van der Waals surface area contributed by atoms with E-state index < -0.39 is 0 Å². The van der Waals surface area contributed by atoms with Crippen molar-refractivity contribution < 1.29 is 9.13 Å². The van der Waals surface area contributed by atoms with E-state index in [9.17, 15) is 4.39 Å². The number of fused-ring (bicyclic) bond motifs is 1. The molecule has 0 aliphatic carbocycles. The van der Waals surface area contributed by atoms with Gasteiger partial charge in [0.25, 0.3) is 0 Å². The molecule has 12 heavy (non-hydrogen) atoms. The zero-order valence-electron chi connectivity index (χ0n) is 6.59. The van der Waals surface area contributed by atoms with E-state index in [0.29, 0.717) is 12.3 Å². The fraction of sp³-hybridized carbons (Fsp3) is 0.333. The summed E-state index contributed by atoms with van der Waals surface area (Å²) >= 11 is 0. The standard InChI is InChI=1S/C9H10FNO/c10-8-3-1-2-6-4-7(5-11)12-9(6)8/h1-3,7H,4-5,11H2. The first-order chi connectivity index (χ1) is 5.81. The van der Waals surface area contributed by atoms with Crippen molar-refractivity contribution in [3.05, 3.63) is 29.6 Å². The van der Waals surface area contributed by atoms with Crippen molar-refractivity contribution in [1.82, 2.24) is 0 Å². The van der Waals surface area contributed by atoms with Gasteiger partial charge >= 0.3 is 0 Å². The third kappa shape index (κ3) is 1.06. The number of halogens is 1. The summed E-state index contributed by atoms with van der Waals surface area (Å²) in [7, 11) is 0. The van der Waals surface area contributed by atoms with Crippen LogP contribution in [0.25, 0.3) is 0 Å². The van der Waals surface area contributed by atoms with E-state index >= 15 is 0 Å². The van der Waals surface area contributed by atoms with Gasteiger partial charge in [0.15, 0.2) is 11.6 Å². The summed E-state index contributed by atoms with van der Waals surface area (Å²) in [4.78, 5) is 0. The maximum Gasteiger partial charge on any atom is 0.165 e. The normalized spacial score (nSPS) is 20.3. The van der Waals surface area contributed by atoms with Crippen molar-refractivity contribution in [2.45, 2.75) is 12.5 Å². The highest BCUT2D eigenvalue weighted by Gasteiger charge is 2.23. The Morgan fingerprint density at radius 1 is 1.58 bits per heavy atom. The highest BCUT2D eigenvalue weighted by atomic mass is 19.1. The lowest BCUT2D eigenvalue weighted by Crippen LogP contribution is -2.24. The van der Waals surface area contributed by atoms with Crippen molar-refractivity contribution in [3.63, 3.8) is 0 Å². The van der Waals surface area contributed by atoms with Crippen LogP contribution >= 0.6 is 0 Å². The van der Waals surface area contributed by atoms with Gasteiger partial charge in [-0.1, -0.05) is 12.1 Å². The zero-order valence-corrected chi connectivity index (χ0v) is 6.59. The Labute approximate surface area is 70.1 Å². The molecule has 2 rings (SSSR count). The quantitative estimate of drug-likeness (QED) is 0.679. The summed E-state index contributed by atoms with van der Waals surface area (Å²) < 4.78 is 18.3. The molecule has 1 heterocycles. The molecule has 0 saturated heterocycles. The molecule has 1 aromatic rings. The molecule has 0 saturated carbocycles. The molecule has 2 N–H and O–H groups in total. The zero-order chi connectivity index (χ0) is 8.55. The van der Waals surface area contributed by atoms with E-state index in [-0.39, 0.29) is 11.9 Å². The minimum Gasteiger partial charge on any atom is -0.485 e. The molecule has 0 bridgehead atoms. The molecule has 1 aliphatic rings. The van der Waals surface area contributed by atoms with Crippen LogP contribution < -0.4 is 10.5 Å². The number of hydrogen-bond acceptors (Lipinski definition) is 2. The first-order valence-corrected chi connectivity index (χ1v) is 3.95. The number of nitrogens with two attached hydrogens (primary N) is 1. The summed E-state index contributed by atoms with van der Waals surface area (Å²) in [5.74, 6) is 0.0939. The molecular weight excluding hydrogens is 157 g/mol. The highest BCUT2D eigenvalue weighted by Crippen LogP contribution is 2.30. The average molecular weight is 167 g/mol. The molecule has 1 unspecified atom stereocenters. The summed E-state index contributed by atoms with van der Waals surface area (Å²) in [5, 5.41) is 0. The molecule has 1 aliphatic heterocycles. The summed E-state index contributed by atoms with van der Waals surface area (Å²) in [5.41, 5.74) is 6.34. The van der Waals surface area contributed by atoms with Crippen LogP contribution in [0.5, 0.6) is 5.75 Å². The first kappa shape index (κ1) is 7.55. The summed E-state index contributed by atoms with van der Waals surface area (Å²) in [6.45, 7) is 0.439. The lowest BCUT2D eigenvalue weighted by Gasteiger charge is -2.06. The lowest BCUT2D eigenvalue weighted by molar-refractivity contribution is 0.232. The minimum atomic E-state index is -0.288. The van der Waals surface area contributed by atoms with Crippen LogP contribution in [0.2, 0.25) is 0 Å². The number of benzene rings is 1. The predicted octanol–water partition coefficient (Wildman–Crippen LogP) is 1.09. The Morgan fingerprint density at radius 3 is 3.08 bits per heavy atom. The van der Waals surface area contributed by atoms with Crippen molar-refractivity contribution in [2.75, 3.05) is 6.54 Å². The van der Waals surface area contributed by atoms with Gasteiger partial charge in [0, 0.05) is 18.5 Å². The summed E-state index contributed by atoms with van der Waals surface area (Å²) in [6, 6.07) is 4.96. The average Bonchev–Trinajstić information content (AvgIpc) is 2.49. The predicted molar refractivity (Wildman–Crippen MR) is 43.6 cm³/mol. The second-order valence-electron chi connectivity index (χ2n) is 2.91. The van der Waals surface area contributed by atoms with E-state index in [1.807, 2.05) is 6.07 Å². The molecule has 1 aromatic carbocycles. The van der Waals surface area contributed by atoms with Crippen molar-refractivity contribution in [3.8, 4) is 5.75 Å². The first-order valence-electron chi connectivity index (χ1n) is 3.95. The van der Waals surface area contributed by atoms with Crippen molar-refractivity contribution in [1.29, 1.82) is 0 Å². The molecular formula is C9H10FNO. The van der Waals surface area contributed by atoms with Gasteiger partial charge in [-0.05, 0) is 6.07 Å². The molecule has 2 nitrogen and oxygen atoms in total. The van der Waals surface area contributed by atoms with Gasteiger partial charge in [0.1, 0.15) is 6.10 Å². The van der Waals surface area contributed by atoms with E-state index in [1.165, 1.54) is 6.07 Å². The Bertz CT molecular complexity index is 301. The number of para-hydroxylation sites is 1. The monoisotopic (exact) mass is 167 g/mol. The largest absolute Gasteiger partial charge is 0.485 e. The maximum absolute atomic E-state index is 13.0. The highest BCUT2D eigenvalue weighted by molar-refractivity contribution is 5.38. The van der Waals surface area contributed by atoms with Gasteiger partial charge in [0.05, 0.1) is 0 Å². The molecule has 3 heteroatoms. The Hall–Kier alpha value is -1.09. The Morgan fingerprint density at radius 2 is 2.42 bits per heavy atom. The van der Waals surface area contributed by atoms with Gasteiger partial charge in [-0.3, -0.25) is 0 Å². The van der Waals surface area contributed by atoms with Crippen molar-refractivity contribution >= 4 is 0 Å². The maximum atomic E-state index is 13.0. The third-order valence-electron chi connectivity index (χ3n) is 2.04. The number of rotatable bonds is 1. The smallest absolute Gasteiger partial charge is 0.165 e. The van der Waals surface area contributed by atoms with Crippen LogP contribution in [0.15, 0.2) is 18.2 Å². The molecule has 0 amide bonds. The second-order valence-corrected chi connectivity index (χ2v) is 2.91. The van der Waals surface area contributed by atoms with Crippen molar-refractivity contribution in [2.24, 2.45) is 5.73 Å². The molecule has 0 radical (unpaired) electrons. The van der Waals surface area contributed by atoms with Crippen LogP contribution in [-0.4, -0.2) is 12.6 Å². The molecule has 0 fully saturated rings. The Balaban J connectivity index is 2.35. The number of ether oxygens (including phenoxy) is 1.